The number of aryl methyl sites for hydroxylation is 3. The molecule has 7 heteroatoms. The van der Waals surface area contributed by atoms with Gasteiger partial charge in [-0.05, 0) is 60.9 Å². The van der Waals surface area contributed by atoms with Crippen molar-refractivity contribution in [3.05, 3.63) is 63.3 Å². The monoisotopic (exact) mass is 425 g/mol. The Kier molecular flexibility index (Phi) is 4.31. The molecule has 0 atom stereocenters. The average molecular weight is 426 g/mol. The van der Waals surface area contributed by atoms with E-state index in [9.17, 15) is 4.79 Å². The number of fused-ring (bicyclic) bond motifs is 1. The van der Waals surface area contributed by atoms with Crippen LogP contribution >= 0.6 is 15.9 Å². The van der Waals surface area contributed by atoms with Crippen LogP contribution in [0.2, 0.25) is 0 Å². The lowest BCUT2D eigenvalue weighted by Crippen LogP contribution is -2.13. The molecule has 6 nitrogen and oxygen atoms in total. The van der Waals surface area contributed by atoms with Crippen molar-refractivity contribution >= 4 is 38.6 Å². The highest BCUT2D eigenvalue weighted by Gasteiger charge is 2.22. The van der Waals surface area contributed by atoms with Crippen LogP contribution < -0.4 is 5.32 Å². The molecule has 0 spiro atoms. The van der Waals surface area contributed by atoms with Crippen LogP contribution in [0.1, 0.15) is 27.2 Å². The quantitative estimate of drug-likeness (QED) is 0.473. The molecule has 0 saturated carbocycles. The SMILES string of the molecule is Cc1ccc(C)c(-c2nonc2NC(=O)c2oc3cc(Br)ccc3c2C)c1. The lowest BCUT2D eigenvalue weighted by atomic mass is 10.0. The lowest BCUT2D eigenvalue weighted by molar-refractivity contribution is 0.0997. The maximum absolute atomic E-state index is 12.8. The Morgan fingerprint density at radius 1 is 1.07 bits per heavy atom. The maximum atomic E-state index is 12.8. The Balaban J connectivity index is 1.70. The molecule has 0 saturated heterocycles. The maximum Gasteiger partial charge on any atom is 0.292 e. The summed E-state index contributed by atoms with van der Waals surface area (Å²) in [6, 6.07) is 11.6. The van der Waals surface area contributed by atoms with Crippen molar-refractivity contribution in [3.63, 3.8) is 0 Å². The summed E-state index contributed by atoms with van der Waals surface area (Å²) < 4.78 is 11.5. The van der Waals surface area contributed by atoms with Crippen molar-refractivity contribution in [2.75, 3.05) is 5.32 Å². The minimum atomic E-state index is -0.401. The number of carbonyl (C=O) groups excluding carboxylic acids is 1. The molecule has 136 valence electrons. The number of nitrogens with zero attached hydrogens (tertiary/aromatic N) is 2. The number of aromatic nitrogens is 2. The van der Waals surface area contributed by atoms with Gasteiger partial charge >= 0.3 is 0 Å². The molecule has 0 aliphatic heterocycles. The van der Waals surface area contributed by atoms with Crippen molar-refractivity contribution < 1.29 is 13.8 Å². The van der Waals surface area contributed by atoms with Gasteiger partial charge in [0, 0.05) is 21.0 Å². The summed E-state index contributed by atoms with van der Waals surface area (Å²) in [5.74, 6) is 0.0924. The van der Waals surface area contributed by atoms with Gasteiger partial charge in [0.25, 0.3) is 5.91 Å². The standard InChI is InChI=1S/C20H16BrN3O3/c1-10-4-5-11(2)15(8-10)17-19(24-27-23-17)22-20(25)18-12(3)14-7-6-13(21)9-16(14)26-18/h4-9H,1-3H3,(H,22,24,25). The summed E-state index contributed by atoms with van der Waals surface area (Å²) >= 11 is 3.41. The second-order valence-electron chi connectivity index (χ2n) is 6.43. The first-order chi connectivity index (χ1) is 12.9. The number of amides is 1. The van der Waals surface area contributed by atoms with Gasteiger partial charge in [-0.15, -0.1) is 0 Å². The summed E-state index contributed by atoms with van der Waals surface area (Å²) in [4.78, 5) is 12.8. The summed E-state index contributed by atoms with van der Waals surface area (Å²) in [5.41, 5.74) is 4.84. The molecule has 2 aromatic carbocycles. The van der Waals surface area contributed by atoms with E-state index in [4.69, 9.17) is 9.05 Å². The van der Waals surface area contributed by atoms with Gasteiger partial charge in [-0.3, -0.25) is 10.1 Å². The van der Waals surface area contributed by atoms with E-state index in [0.717, 1.165) is 32.1 Å². The van der Waals surface area contributed by atoms with E-state index in [1.807, 2.05) is 57.2 Å². The molecule has 27 heavy (non-hydrogen) atoms. The Labute approximate surface area is 163 Å². The van der Waals surface area contributed by atoms with Gasteiger partial charge in [0.15, 0.2) is 11.5 Å². The van der Waals surface area contributed by atoms with Crippen molar-refractivity contribution in [2.45, 2.75) is 20.8 Å². The van der Waals surface area contributed by atoms with E-state index in [1.54, 1.807) is 0 Å². The van der Waals surface area contributed by atoms with E-state index in [0.29, 0.717) is 11.3 Å². The fourth-order valence-corrected chi connectivity index (χ4v) is 3.36. The molecule has 1 amide bonds. The third-order valence-electron chi connectivity index (χ3n) is 4.48. The first-order valence-electron chi connectivity index (χ1n) is 8.34. The zero-order valence-corrected chi connectivity index (χ0v) is 16.5. The van der Waals surface area contributed by atoms with Crippen LogP contribution in [0.25, 0.3) is 22.2 Å². The Bertz CT molecular complexity index is 1180. The molecule has 0 unspecified atom stereocenters. The zero-order valence-electron chi connectivity index (χ0n) is 15.0. The Morgan fingerprint density at radius 3 is 2.70 bits per heavy atom. The third kappa shape index (κ3) is 3.14. The lowest BCUT2D eigenvalue weighted by Gasteiger charge is -2.06. The third-order valence-corrected chi connectivity index (χ3v) is 4.97. The topological polar surface area (TPSA) is 81.2 Å². The van der Waals surface area contributed by atoms with Gasteiger partial charge < -0.3 is 4.42 Å². The predicted octanol–water partition coefficient (Wildman–Crippen LogP) is 5.42. The molecule has 0 bridgehead atoms. The molecule has 0 aliphatic carbocycles. The van der Waals surface area contributed by atoms with Crippen LogP contribution in [0.15, 0.2) is 49.9 Å². The number of hydrogen-bond donors (Lipinski definition) is 1. The van der Waals surface area contributed by atoms with Crippen molar-refractivity contribution in [2.24, 2.45) is 0 Å². The highest BCUT2D eigenvalue weighted by Crippen LogP contribution is 2.31. The van der Waals surface area contributed by atoms with E-state index in [1.165, 1.54) is 0 Å². The van der Waals surface area contributed by atoms with Gasteiger partial charge in [0.05, 0.1) is 0 Å². The van der Waals surface area contributed by atoms with E-state index < -0.39 is 5.91 Å². The largest absolute Gasteiger partial charge is 0.451 e. The highest BCUT2D eigenvalue weighted by molar-refractivity contribution is 9.10. The number of hydrogen-bond acceptors (Lipinski definition) is 5. The number of rotatable bonds is 3. The molecule has 4 aromatic rings. The van der Waals surface area contributed by atoms with Gasteiger partial charge in [0.1, 0.15) is 5.58 Å². The number of halogens is 1. The normalized spacial score (nSPS) is 11.1. The minimum Gasteiger partial charge on any atom is -0.451 e. The first kappa shape index (κ1) is 17.5. The first-order valence-corrected chi connectivity index (χ1v) is 9.13. The fourth-order valence-electron chi connectivity index (χ4n) is 3.02. The van der Waals surface area contributed by atoms with Crippen LogP contribution in [0, 0.1) is 20.8 Å². The molecule has 2 heterocycles. The average Bonchev–Trinajstić information content (AvgIpc) is 3.21. The minimum absolute atomic E-state index is 0.234. The molecular formula is C20H16BrN3O3. The number of furan rings is 1. The zero-order chi connectivity index (χ0) is 19.1. The van der Waals surface area contributed by atoms with Gasteiger partial charge in [-0.1, -0.05) is 33.6 Å². The second-order valence-corrected chi connectivity index (χ2v) is 7.35. The highest BCUT2D eigenvalue weighted by atomic mass is 79.9. The summed E-state index contributed by atoms with van der Waals surface area (Å²) in [7, 11) is 0. The van der Waals surface area contributed by atoms with E-state index in [2.05, 4.69) is 31.6 Å². The molecule has 2 aromatic heterocycles. The van der Waals surface area contributed by atoms with Gasteiger partial charge in [-0.25, -0.2) is 4.63 Å². The molecule has 0 fully saturated rings. The molecule has 4 rings (SSSR count). The van der Waals surface area contributed by atoms with Crippen LogP contribution in [0.3, 0.4) is 0 Å². The molecular weight excluding hydrogens is 410 g/mol. The van der Waals surface area contributed by atoms with Gasteiger partial charge in [-0.2, -0.15) is 0 Å². The number of anilines is 1. The number of benzene rings is 2. The Hall–Kier alpha value is -2.93. The number of carbonyl (C=O) groups is 1. The molecule has 0 aliphatic rings. The van der Waals surface area contributed by atoms with Crippen molar-refractivity contribution in [3.8, 4) is 11.3 Å². The van der Waals surface area contributed by atoms with Crippen LogP contribution in [-0.4, -0.2) is 16.2 Å². The number of nitrogens with one attached hydrogen (secondary N) is 1. The summed E-state index contributed by atoms with van der Waals surface area (Å²) in [5, 5.41) is 11.5. The van der Waals surface area contributed by atoms with Crippen LogP contribution in [-0.2, 0) is 0 Å². The van der Waals surface area contributed by atoms with Crippen LogP contribution in [0.4, 0.5) is 5.82 Å². The van der Waals surface area contributed by atoms with Crippen molar-refractivity contribution in [1.82, 2.24) is 10.3 Å². The molecule has 0 radical (unpaired) electrons. The second kappa shape index (κ2) is 6.66. The smallest absolute Gasteiger partial charge is 0.292 e. The van der Waals surface area contributed by atoms with Crippen LogP contribution in [0.5, 0.6) is 0 Å². The molecule has 1 N–H and O–H groups in total. The Morgan fingerprint density at radius 2 is 1.89 bits per heavy atom. The van der Waals surface area contributed by atoms with Gasteiger partial charge in [0.2, 0.25) is 5.82 Å². The van der Waals surface area contributed by atoms with E-state index >= 15 is 0 Å². The fraction of sp³-hybridized carbons (Fsp3) is 0.150. The summed E-state index contributed by atoms with van der Waals surface area (Å²) in [6.07, 6.45) is 0. The summed E-state index contributed by atoms with van der Waals surface area (Å²) in [6.45, 7) is 5.81. The van der Waals surface area contributed by atoms with Crippen molar-refractivity contribution in [1.29, 1.82) is 0 Å². The predicted molar refractivity (Wildman–Crippen MR) is 106 cm³/mol. The van der Waals surface area contributed by atoms with E-state index in [-0.39, 0.29) is 11.6 Å².